The van der Waals surface area contributed by atoms with E-state index in [1.54, 1.807) is 7.11 Å². The number of carbonyl (C=O) groups excluding carboxylic acids is 1. The van der Waals surface area contributed by atoms with Gasteiger partial charge in [-0.15, -0.1) is 11.3 Å². The third-order valence-electron chi connectivity index (χ3n) is 3.91. The molecule has 7 heteroatoms. The summed E-state index contributed by atoms with van der Waals surface area (Å²) in [7, 11) is 1.61. The maximum absolute atomic E-state index is 12.5. The lowest BCUT2D eigenvalue weighted by Crippen LogP contribution is -2.47. The van der Waals surface area contributed by atoms with Crippen LogP contribution in [0.5, 0.6) is 5.75 Å². The summed E-state index contributed by atoms with van der Waals surface area (Å²) >= 11 is 1.37. The fourth-order valence-corrected chi connectivity index (χ4v) is 3.91. The first-order chi connectivity index (χ1) is 11.2. The molecule has 1 aliphatic rings. The lowest BCUT2D eigenvalue weighted by atomic mass is 10.1. The summed E-state index contributed by atoms with van der Waals surface area (Å²) in [6.45, 7) is 5.88. The number of nitrogens with zero attached hydrogens (tertiary/aromatic N) is 2. The number of amides is 1. The highest BCUT2D eigenvalue weighted by Gasteiger charge is 2.47. The summed E-state index contributed by atoms with van der Waals surface area (Å²) in [4.78, 5) is 18.4. The molecule has 24 heavy (non-hydrogen) atoms. The number of fused-ring (bicyclic) bond motifs is 1. The Balaban J connectivity index is 1.95. The summed E-state index contributed by atoms with van der Waals surface area (Å²) in [5.74, 6) is 0.736. The van der Waals surface area contributed by atoms with Crippen molar-refractivity contribution in [2.24, 2.45) is 0 Å². The van der Waals surface area contributed by atoms with Crippen LogP contribution in [0.3, 0.4) is 0 Å². The number of rotatable bonds is 2. The molecule has 0 radical (unpaired) electrons. The zero-order valence-corrected chi connectivity index (χ0v) is 15.1. The maximum Gasteiger partial charge on any atom is 0.412 e. The van der Waals surface area contributed by atoms with Crippen molar-refractivity contribution in [2.75, 3.05) is 13.7 Å². The number of hydrogen-bond acceptors (Lipinski definition) is 6. The zero-order chi connectivity index (χ0) is 17.5. The Morgan fingerprint density at radius 2 is 2.17 bits per heavy atom. The van der Waals surface area contributed by atoms with Gasteiger partial charge in [0.2, 0.25) is 0 Å². The molecule has 1 saturated heterocycles. The van der Waals surface area contributed by atoms with Crippen LogP contribution in [0.15, 0.2) is 18.2 Å². The minimum Gasteiger partial charge on any atom is -0.497 e. The van der Waals surface area contributed by atoms with Crippen molar-refractivity contribution in [3.8, 4) is 5.75 Å². The first-order valence-electron chi connectivity index (χ1n) is 7.91. The van der Waals surface area contributed by atoms with Crippen LogP contribution in [0.4, 0.5) is 4.79 Å². The van der Waals surface area contributed by atoms with E-state index in [0.717, 1.165) is 16.0 Å². The number of thiazole rings is 1. The Morgan fingerprint density at radius 3 is 2.83 bits per heavy atom. The smallest absolute Gasteiger partial charge is 0.412 e. The predicted octanol–water partition coefficient (Wildman–Crippen LogP) is 3.48. The molecule has 2 heterocycles. The van der Waals surface area contributed by atoms with E-state index in [0.29, 0.717) is 24.4 Å². The molecule has 1 aromatic carbocycles. The van der Waals surface area contributed by atoms with Gasteiger partial charge in [0.1, 0.15) is 16.4 Å². The Labute approximate surface area is 145 Å². The Morgan fingerprint density at radius 1 is 1.42 bits per heavy atom. The van der Waals surface area contributed by atoms with Crippen molar-refractivity contribution in [1.82, 2.24) is 9.88 Å². The zero-order valence-electron chi connectivity index (χ0n) is 14.3. The van der Waals surface area contributed by atoms with E-state index >= 15 is 0 Å². The second kappa shape index (κ2) is 5.89. The number of aliphatic hydroxyl groups is 1. The summed E-state index contributed by atoms with van der Waals surface area (Å²) < 4.78 is 11.6. The Kier molecular flexibility index (Phi) is 4.17. The topological polar surface area (TPSA) is 71.9 Å². The van der Waals surface area contributed by atoms with Gasteiger partial charge in [-0.3, -0.25) is 4.90 Å². The molecule has 1 atom stereocenters. The van der Waals surface area contributed by atoms with Crippen LogP contribution in [0.2, 0.25) is 0 Å². The number of likely N-dealkylation sites (tertiary alicyclic amines) is 1. The maximum atomic E-state index is 12.5. The number of hydrogen-bond donors (Lipinski definition) is 1. The van der Waals surface area contributed by atoms with Crippen molar-refractivity contribution in [3.63, 3.8) is 0 Å². The van der Waals surface area contributed by atoms with Crippen LogP contribution in [0.1, 0.15) is 38.6 Å². The normalized spacial score (nSPS) is 21.3. The molecule has 2 aromatic rings. The lowest BCUT2D eigenvalue weighted by molar-refractivity contribution is -0.0892. The van der Waals surface area contributed by atoms with Crippen LogP contribution < -0.4 is 4.74 Å². The fraction of sp³-hybridized carbons (Fsp3) is 0.529. The Hall–Kier alpha value is -1.86. The number of aromatic nitrogens is 1. The van der Waals surface area contributed by atoms with Crippen molar-refractivity contribution in [2.45, 2.75) is 44.9 Å². The molecule has 0 saturated carbocycles. The molecule has 1 aromatic heterocycles. The SMILES string of the molecule is COc1ccc2nc([C@@]3(O)CCCN3C(=O)OC(C)(C)C)sc2c1. The summed E-state index contributed by atoms with van der Waals surface area (Å²) in [6, 6.07) is 5.56. The summed E-state index contributed by atoms with van der Waals surface area (Å²) in [6.07, 6.45) is 0.636. The van der Waals surface area contributed by atoms with Crippen LogP contribution >= 0.6 is 11.3 Å². The predicted molar refractivity (Wildman–Crippen MR) is 92.2 cm³/mol. The lowest BCUT2D eigenvalue weighted by Gasteiger charge is -2.33. The second-order valence-corrected chi connectivity index (χ2v) is 7.94. The molecular weight excluding hydrogens is 328 g/mol. The fourth-order valence-electron chi connectivity index (χ4n) is 2.79. The molecular formula is C17H22N2O4S. The molecule has 0 aliphatic carbocycles. The highest BCUT2D eigenvalue weighted by molar-refractivity contribution is 7.18. The average molecular weight is 350 g/mol. The molecule has 1 N–H and O–H groups in total. The van der Waals surface area contributed by atoms with Crippen LogP contribution in [-0.4, -0.2) is 40.3 Å². The van der Waals surface area contributed by atoms with E-state index in [4.69, 9.17) is 9.47 Å². The minimum absolute atomic E-state index is 0.448. The van der Waals surface area contributed by atoms with Gasteiger partial charge in [-0.05, 0) is 45.4 Å². The van der Waals surface area contributed by atoms with E-state index in [1.165, 1.54) is 16.2 Å². The molecule has 130 valence electrons. The van der Waals surface area contributed by atoms with Gasteiger partial charge in [-0.1, -0.05) is 0 Å². The van der Waals surface area contributed by atoms with E-state index < -0.39 is 17.4 Å². The van der Waals surface area contributed by atoms with Gasteiger partial charge in [0.25, 0.3) is 0 Å². The van der Waals surface area contributed by atoms with E-state index in [2.05, 4.69) is 4.98 Å². The van der Waals surface area contributed by atoms with E-state index in [-0.39, 0.29) is 0 Å². The third kappa shape index (κ3) is 3.06. The number of ether oxygens (including phenoxy) is 2. The van der Waals surface area contributed by atoms with Gasteiger partial charge in [0.05, 0.1) is 17.3 Å². The average Bonchev–Trinajstić information content (AvgIpc) is 3.08. The number of carbonyl (C=O) groups is 1. The summed E-state index contributed by atoms with van der Waals surface area (Å²) in [5.41, 5.74) is -1.25. The molecule has 0 spiro atoms. The van der Waals surface area contributed by atoms with Gasteiger partial charge < -0.3 is 14.6 Å². The molecule has 1 aliphatic heterocycles. The quantitative estimate of drug-likeness (QED) is 0.898. The number of methoxy groups -OCH3 is 1. The van der Waals surface area contributed by atoms with Crippen LogP contribution in [-0.2, 0) is 10.5 Å². The van der Waals surface area contributed by atoms with Crippen LogP contribution in [0.25, 0.3) is 10.2 Å². The van der Waals surface area contributed by atoms with Crippen molar-refractivity contribution in [1.29, 1.82) is 0 Å². The molecule has 0 unspecified atom stereocenters. The van der Waals surface area contributed by atoms with Crippen LogP contribution in [0, 0.1) is 0 Å². The standard InChI is InChI=1S/C17H22N2O4S/c1-16(2,3)23-15(20)19-9-5-8-17(19,21)14-18-12-7-6-11(22-4)10-13(12)24-14/h6-7,10,21H,5,8-9H2,1-4H3/t17-/m0/s1. The largest absolute Gasteiger partial charge is 0.497 e. The number of benzene rings is 1. The molecule has 3 rings (SSSR count). The van der Waals surface area contributed by atoms with Crippen molar-refractivity contribution in [3.05, 3.63) is 23.2 Å². The first-order valence-corrected chi connectivity index (χ1v) is 8.73. The molecule has 0 bridgehead atoms. The molecule has 1 fully saturated rings. The first kappa shape index (κ1) is 17.0. The van der Waals surface area contributed by atoms with Gasteiger partial charge in [-0.2, -0.15) is 0 Å². The Bertz CT molecular complexity index is 768. The van der Waals surface area contributed by atoms with Gasteiger partial charge >= 0.3 is 6.09 Å². The summed E-state index contributed by atoms with van der Waals surface area (Å²) in [5, 5.41) is 11.7. The minimum atomic E-state index is -1.42. The van der Waals surface area contributed by atoms with E-state index in [1.807, 2.05) is 39.0 Å². The second-order valence-electron chi connectivity index (χ2n) is 6.90. The van der Waals surface area contributed by atoms with Crippen molar-refractivity contribution < 1.29 is 19.4 Å². The monoisotopic (exact) mass is 350 g/mol. The van der Waals surface area contributed by atoms with Crippen molar-refractivity contribution >= 4 is 27.6 Å². The highest BCUT2D eigenvalue weighted by Crippen LogP contribution is 2.41. The highest BCUT2D eigenvalue weighted by atomic mass is 32.1. The molecule has 1 amide bonds. The van der Waals surface area contributed by atoms with Gasteiger partial charge in [0.15, 0.2) is 5.72 Å². The van der Waals surface area contributed by atoms with E-state index in [9.17, 15) is 9.90 Å². The van der Waals surface area contributed by atoms with Gasteiger partial charge in [-0.25, -0.2) is 9.78 Å². The van der Waals surface area contributed by atoms with Gasteiger partial charge in [0, 0.05) is 13.0 Å². The third-order valence-corrected chi connectivity index (χ3v) is 5.06. The molecule has 6 nitrogen and oxygen atoms in total.